The van der Waals surface area contributed by atoms with Crippen LogP contribution in [-0.2, 0) is 16.0 Å². The summed E-state index contributed by atoms with van der Waals surface area (Å²) in [6, 6.07) is 2.63. The van der Waals surface area contributed by atoms with Gasteiger partial charge in [0.2, 0.25) is 0 Å². The lowest BCUT2D eigenvalue weighted by molar-refractivity contribution is -0.142. The Morgan fingerprint density at radius 3 is 2.21 bits per heavy atom. The molecule has 0 amide bonds. The topological polar surface area (TPSA) is 149 Å². The maximum absolute atomic E-state index is 11.7. The molecular weight excluding hydrogens is 430 g/mol. The number of aliphatic hydroxyl groups is 1. The second-order valence-corrected chi connectivity index (χ2v) is 8.78. The van der Waals surface area contributed by atoms with E-state index < -0.39 is 30.0 Å². The van der Waals surface area contributed by atoms with Crippen LogP contribution in [0.1, 0.15) is 56.0 Å². The van der Waals surface area contributed by atoms with Crippen molar-refractivity contribution in [3.63, 3.8) is 0 Å². The zero-order valence-electron chi connectivity index (χ0n) is 20.2. The number of benzene rings is 1. The highest BCUT2D eigenvalue weighted by Crippen LogP contribution is 2.38. The molecule has 0 aromatic heterocycles. The van der Waals surface area contributed by atoms with Gasteiger partial charge in [0.15, 0.2) is 11.5 Å². The average molecular weight is 470 g/mol. The molecule has 4 atom stereocenters. The number of carbonyl (C=O) groups is 2. The Balaban J connectivity index is 3.10. The maximum atomic E-state index is 11.7. The first-order valence-corrected chi connectivity index (χ1v) is 11.2. The van der Waals surface area contributed by atoms with E-state index in [1.807, 2.05) is 13.8 Å². The van der Waals surface area contributed by atoms with Crippen molar-refractivity contribution in [1.82, 2.24) is 0 Å². The first-order chi connectivity index (χ1) is 15.5. The van der Waals surface area contributed by atoms with Gasteiger partial charge in [-0.25, -0.2) is 4.79 Å². The summed E-state index contributed by atoms with van der Waals surface area (Å²) < 4.78 is 16.4. The molecule has 0 unspecified atom stereocenters. The molecule has 1 aromatic rings. The zero-order chi connectivity index (χ0) is 25.1. The zero-order valence-corrected chi connectivity index (χ0v) is 20.2. The van der Waals surface area contributed by atoms with Gasteiger partial charge in [-0.2, -0.15) is 0 Å². The molecule has 0 heterocycles. The van der Waals surface area contributed by atoms with Crippen LogP contribution >= 0.6 is 0 Å². The molecule has 0 aliphatic heterocycles. The number of carboxylic acids is 2. The lowest BCUT2D eigenvalue weighted by Crippen LogP contribution is -2.39. The minimum Gasteiger partial charge on any atom is -0.493 e. The van der Waals surface area contributed by atoms with E-state index in [1.54, 1.807) is 20.1 Å². The average Bonchev–Trinajstić information content (AvgIpc) is 2.75. The standard InChI is InChI=1S/C24H39NO8/c1-14(2)17(13-19(25)20(26)11-15(3)23(27)28)12-16-7-8-18(24(29)30)22(21(16)32-5)33-10-6-9-31-4/h7-8,14-15,17,19-20,26H,6,9-13,25H2,1-5H3,(H,27,28)(H,29,30)/t15-,17+,19+,20+/m1/s1. The van der Waals surface area contributed by atoms with Crippen LogP contribution in [0.15, 0.2) is 12.1 Å². The highest BCUT2D eigenvalue weighted by molar-refractivity contribution is 5.92. The van der Waals surface area contributed by atoms with Gasteiger partial charge in [0, 0.05) is 26.2 Å². The summed E-state index contributed by atoms with van der Waals surface area (Å²) in [5.41, 5.74) is 7.03. The Labute approximate surface area is 195 Å². The summed E-state index contributed by atoms with van der Waals surface area (Å²) in [5.74, 6) is -1.98. The predicted molar refractivity (Wildman–Crippen MR) is 124 cm³/mol. The fourth-order valence-corrected chi connectivity index (χ4v) is 3.70. The van der Waals surface area contributed by atoms with Crippen LogP contribution in [0.5, 0.6) is 11.5 Å². The smallest absolute Gasteiger partial charge is 0.339 e. The molecule has 0 saturated carbocycles. The van der Waals surface area contributed by atoms with Gasteiger partial charge in [-0.05, 0) is 42.7 Å². The van der Waals surface area contributed by atoms with Gasteiger partial charge in [0.05, 0.1) is 25.7 Å². The molecule has 1 aromatic carbocycles. The third kappa shape index (κ3) is 8.83. The molecule has 0 radical (unpaired) electrons. The number of ether oxygens (including phenoxy) is 3. The number of aliphatic hydroxyl groups excluding tert-OH is 1. The van der Waals surface area contributed by atoms with Crippen molar-refractivity contribution in [2.75, 3.05) is 27.4 Å². The van der Waals surface area contributed by atoms with E-state index in [2.05, 4.69) is 0 Å². The minimum atomic E-state index is -1.11. The van der Waals surface area contributed by atoms with Crippen LogP contribution < -0.4 is 15.2 Å². The van der Waals surface area contributed by atoms with Crippen molar-refractivity contribution in [3.05, 3.63) is 23.3 Å². The Hall–Kier alpha value is -2.36. The van der Waals surface area contributed by atoms with Crippen molar-refractivity contribution in [3.8, 4) is 11.5 Å². The third-order valence-electron chi connectivity index (χ3n) is 5.88. The van der Waals surface area contributed by atoms with Crippen molar-refractivity contribution < 1.29 is 39.1 Å². The van der Waals surface area contributed by atoms with E-state index in [4.69, 9.17) is 25.1 Å². The molecule has 5 N–H and O–H groups in total. The van der Waals surface area contributed by atoms with Crippen LogP contribution in [0.3, 0.4) is 0 Å². The first-order valence-electron chi connectivity index (χ1n) is 11.2. The number of methoxy groups -OCH3 is 2. The second kappa shape index (κ2) is 14.0. The van der Waals surface area contributed by atoms with E-state index in [0.717, 1.165) is 5.56 Å². The van der Waals surface area contributed by atoms with Crippen molar-refractivity contribution >= 4 is 11.9 Å². The number of nitrogens with two attached hydrogens (primary N) is 1. The Morgan fingerprint density at radius 2 is 1.70 bits per heavy atom. The fraction of sp³-hybridized carbons (Fsp3) is 0.667. The quantitative estimate of drug-likeness (QED) is 0.268. The van der Waals surface area contributed by atoms with E-state index >= 15 is 0 Å². The molecule has 0 aliphatic rings. The van der Waals surface area contributed by atoms with Crippen molar-refractivity contribution in [2.45, 2.75) is 58.6 Å². The Kier molecular flexibility index (Phi) is 12.2. The van der Waals surface area contributed by atoms with Crippen molar-refractivity contribution in [2.24, 2.45) is 23.5 Å². The summed E-state index contributed by atoms with van der Waals surface area (Å²) in [4.78, 5) is 22.8. The van der Waals surface area contributed by atoms with Gasteiger partial charge in [-0.3, -0.25) is 4.79 Å². The van der Waals surface area contributed by atoms with E-state index in [0.29, 0.717) is 31.6 Å². The van der Waals surface area contributed by atoms with Crippen LogP contribution in [0.2, 0.25) is 0 Å². The summed E-state index contributed by atoms with van der Waals surface area (Å²) in [6.07, 6.45) is 0.743. The summed E-state index contributed by atoms with van der Waals surface area (Å²) in [7, 11) is 3.06. The number of hydrogen-bond donors (Lipinski definition) is 4. The van der Waals surface area contributed by atoms with Gasteiger partial charge in [0.1, 0.15) is 5.56 Å². The third-order valence-corrected chi connectivity index (χ3v) is 5.88. The molecule has 0 spiro atoms. The van der Waals surface area contributed by atoms with Crippen LogP contribution in [0.25, 0.3) is 0 Å². The molecule has 188 valence electrons. The summed E-state index contributed by atoms with van der Waals surface area (Å²) in [6.45, 7) is 6.40. The maximum Gasteiger partial charge on any atom is 0.339 e. The predicted octanol–water partition coefficient (Wildman–Crippen LogP) is 2.81. The molecule has 0 aliphatic carbocycles. The van der Waals surface area contributed by atoms with Crippen LogP contribution in [0, 0.1) is 17.8 Å². The summed E-state index contributed by atoms with van der Waals surface area (Å²) in [5, 5.41) is 29.1. The first kappa shape index (κ1) is 28.7. The molecule has 0 bridgehead atoms. The highest BCUT2D eigenvalue weighted by Gasteiger charge is 2.28. The number of rotatable bonds is 16. The van der Waals surface area contributed by atoms with E-state index in [9.17, 15) is 19.8 Å². The second-order valence-electron chi connectivity index (χ2n) is 8.78. The Bertz CT molecular complexity index is 767. The van der Waals surface area contributed by atoms with Gasteiger partial charge in [0.25, 0.3) is 0 Å². The molecule has 33 heavy (non-hydrogen) atoms. The van der Waals surface area contributed by atoms with E-state index in [1.165, 1.54) is 13.2 Å². The molecule has 1 rings (SSSR count). The largest absolute Gasteiger partial charge is 0.493 e. The Morgan fingerprint density at radius 1 is 1.03 bits per heavy atom. The van der Waals surface area contributed by atoms with Crippen molar-refractivity contribution in [1.29, 1.82) is 0 Å². The number of hydrogen-bond acceptors (Lipinski definition) is 7. The lowest BCUT2D eigenvalue weighted by Gasteiger charge is -2.28. The van der Waals surface area contributed by atoms with Gasteiger partial charge >= 0.3 is 11.9 Å². The van der Waals surface area contributed by atoms with Crippen LogP contribution in [0.4, 0.5) is 0 Å². The van der Waals surface area contributed by atoms with Crippen LogP contribution in [-0.4, -0.2) is 66.8 Å². The molecule has 9 heteroatoms. The minimum absolute atomic E-state index is 0.0175. The fourth-order valence-electron chi connectivity index (χ4n) is 3.70. The van der Waals surface area contributed by atoms with Gasteiger partial charge < -0.3 is 35.3 Å². The summed E-state index contributed by atoms with van der Waals surface area (Å²) >= 11 is 0. The molecule has 0 saturated heterocycles. The SMILES string of the molecule is COCCCOc1c(C(=O)O)ccc(C[C@@H](C[C@H](N)[C@@H](O)C[C@@H](C)C(=O)O)C(C)C)c1OC. The lowest BCUT2D eigenvalue weighted by atomic mass is 9.82. The number of aromatic carboxylic acids is 1. The number of aliphatic carboxylic acids is 1. The highest BCUT2D eigenvalue weighted by atomic mass is 16.5. The molecule has 0 fully saturated rings. The number of carboxylic acid groups (broad SMARTS) is 2. The van der Waals surface area contributed by atoms with Gasteiger partial charge in [-0.1, -0.05) is 26.8 Å². The van der Waals surface area contributed by atoms with Gasteiger partial charge in [-0.15, -0.1) is 0 Å². The normalized spacial score (nSPS) is 15.0. The molecule has 9 nitrogen and oxygen atoms in total. The monoisotopic (exact) mass is 469 g/mol. The molecular formula is C24H39NO8. The van der Waals surface area contributed by atoms with E-state index in [-0.39, 0.29) is 36.2 Å².